The first-order valence-corrected chi connectivity index (χ1v) is 8.24. The second kappa shape index (κ2) is 6.24. The van der Waals surface area contributed by atoms with Gasteiger partial charge in [-0.15, -0.1) is 11.3 Å². The lowest BCUT2D eigenvalue weighted by Crippen LogP contribution is -2.35. The van der Waals surface area contributed by atoms with Crippen molar-refractivity contribution in [2.45, 2.75) is 37.6 Å². The Balaban J connectivity index is 1.83. The van der Waals surface area contributed by atoms with E-state index in [4.69, 9.17) is 0 Å². The van der Waals surface area contributed by atoms with Crippen molar-refractivity contribution in [3.8, 4) is 0 Å². The van der Waals surface area contributed by atoms with Crippen molar-refractivity contribution >= 4 is 11.3 Å². The number of nitrogens with one attached hydrogen (secondary N) is 1. The van der Waals surface area contributed by atoms with Crippen LogP contribution in [-0.4, -0.2) is 13.1 Å². The summed E-state index contributed by atoms with van der Waals surface area (Å²) in [4.78, 5) is 1.46. The number of hydrogen-bond acceptors (Lipinski definition) is 2. The first-order chi connectivity index (χ1) is 10.2. The predicted octanol–water partition coefficient (Wildman–Crippen LogP) is 4.28. The molecule has 0 fully saturated rings. The molecule has 1 aliphatic carbocycles. The topological polar surface area (TPSA) is 12.0 Å². The summed E-state index contributed by atoms with van der Waals surface area (Å²) in [6.07, 6.45) is 4.05. The highest BCUT2D eigenvalue weighted by atomic mass is 32.1. The van der Waals surface area contributed by atoms with E-state index in [-0.39, 0.29) is 6.04 Å². The second-order valence-electron chi connectivity index (χ2n) is 5.63. The van der Waals surface area contributed by atoms with Crippen LogP contribution in [0.2, 0.25) is 0 Å². The molecule has 4 heteroatoms. The van der Waals surface area contributed by atoms with Crippen LogP contribution >= 0.6 is 11.3 Å². The lowest BCUT2D eigenvalue weighted by molar-refractivity contribution is 0.408. The van der Waals surface area contributed by atoms with E-state index in [1.165, 1.54) is 22.9 Å². The van der Waals surface area contributed by atoms with Gasteiger partial charge < -0.3 is 5.32 Å². The fourth-order valence-electron chi connectivity index (χ4n) is 3.31. The van der Waals surface area contributed by atoms with Gasteiger partial charge in [-0.3, -0.25) is 0 Å². The number of aryl methyl sites for hydroxylation is 1. The first kappa shape index (κ1) is 14.7. The van der Waals surface area contributed by atoms with Crippen LogP contribution in [0.15, 0.2) is 29.6 Å². The molecule has 1 aromatic heterocycles. The minimum absolute atomic E-state index is 0.179. The molecule has 1 aliphatic rings. The molecule has 2 unspecified atom stereocenters. The van der Waals surface area contributed by atoms with Gasteiger partial charge in [0, 0.05) is 22.9 Å². The van der Waals surface area contributed by atoms with Crippen LogP contribution in [0.3, 0.4) is 0 Å². The number of benzene rings is 1. The van der Waals surface area contributed by atoms with E-state index in [1.54, 1.807) is 6.07 Å². The largest absolute Gasteiger partial charge is 0.316 e. The van der Waals surface area contributed by atoms with E-state index in [0.717, 1.165) is 18.9 Å². The average Bonchev–Trinajstić information content (AvgIpc) is 2.95. The fraction of sp³-hybridized carbons (Fsp3) is 0.412. The van der Waals surface area contributed by atoms with E-state index >= 15 is 0 Å². The Morgan fingerprint density at radius 2 is 2.19 bits per heavy atom. The SMILES string of the molecule is CNC(Cc1ccc(F)cc1F)C1CCCc2sccc21. The van der Waals surface area contributed by atoms with Crippen molar-refractivity contribution in [1.29, 1.82) is 0 Å². The van der Waals surface area contributed by atoms with Gasteiger partial charge in [0.1, 0.15) is 11.6 Å². The number of halogens is 2. The van der Waals surface area contributed by atoms with E-state index in [0.29, 0.717) is 17.9 Å². The van der Waals surface area contributed by atoms with Crippen LogP contribution in [-0.2, 0) is 12.8 Å². The molecule has 0 radical (unpaired) electrons. The Hall–Kier alpha value is -1.26. The van der Waals surface area contributed by atoms with Gasteiger partial charge >= 0.3 is 0 Å². The molecule has 1 aromatic carbocycles. The quantitative estimate of drug-likeness (QED) is 0.889. The molecule has 1 N–H and O–H groups in total. The van der Waals surface area contributed by atoms with Crippen molar-refractivity contribution in [3.63, 3.8) is 0 Å². The number of hydrogen-bond donors (Lipinski definition) is 1. The molecule has 0 amide bonds. The molecule has 3 rings (SSSR count). The Kier molecular flexibility index (Phi) is 4.36. The lowest BCUT2D eigenvalue weighted by atomic mass is 9.80. The fourth-order valence-corrected chi connectivity index (χ4v) is 4.31. The molecule has 1 heterocycles. The normalized spacial score (nSPS) is 19.3. The number of likely N-dealkylation sites (N-methyl/N-ethyl adjacent to an activating group) is 1. The highest BCUT2D eigenvalue weighted by molar-refractivity contribution is 7.10. The maximum absolute atomic E-state index is 13.9. The van der Waals surface area contributed by atoms with E-state index in [9.17, 15) is 8.78 Å². The highest BCUT2D eigenvalue weighted by Crippen LogP contribution is 2.37. The highest BCUT2D eigenvalue weighted by Gasteiger charge is 2.28. The molecule has 0 saturated heterocycles. The van der Waals surface area contributed by atoms with Crippen LogP contribution in [0.25, 0.3) is 0 Å². The Labute approximate surface area is 128 Å². The Morgan fingerprint density at radius 3 is 2.95 bits per heavy atom. The smallest absolute Gasteiger partial charge is 0.129 e. The van der Waals surface area contributed by atoms with Gasteiger partial charge in [-0.05, 0) is 61.4 Å². The summed E-state index contributed by atoms with van der Waals surface area (Å²) in [7, 11) is 1.92. The van der Waals surface area contributed by atoms with Crippen molar-refractivity contribution in [2.75, 3.05) is 7.05 Å². The third-order valence-electron chi connectivity index (χ3n) is 4.41. The van der Waals surface area contributed by atoms with Crippen LogP contribution < -0.4 is 5.32 Å². The van der Waals surface area contributed by atoms with Gasteiger partial charge in [-0.1, -0.05) is 6.07 Å². The summed E-state index contributed by atoms with van der Waals surface area (Å²) in [5.41, 5.74) is 1.99. The van der Waals surface area contributed by atoms with E-state index < -0.39 is 11.6 Å². The Bertz CT molecular complexity index is 623. The number of fused-ring (bicyclic) bond motifs is 1. The molecule has 0 spiro atoms. The van der Waals surface area contributed by atoms with Gasteiger partial charge in [0.15, 0.2) is 0 Å². The van der Waals surface area contributed by atoms with Crippen molar-refractivity contribution < 1.29 is 8.78 Å². The molecule has 112 valence electrons. The molecule has 0 aliphatic heterocycles. The third-order valence-corrected chi connectivity index (χ3v) is 5.41. The van der Waals surface area contributed by atoms with Crippen molar-refractivity contribution in [3.05, 3.63) is 57.3 Å². The zero-order valence-electron chi connectivity index (χ0n) is 12.0. The summed E-state index contributed by atoms with van der Waals surface area (Å²) in [5, 5.41) is 5.48. The van der Waals surface area contributed by atoms with Gasteiger partial charge in [0.25, 0.3) is 0 Å². The summed E-state index contributed by atoms with van der Waals surface area (Å²) < 4.78 is 26.9. The van der Waals surface area contributed by atoms with E-state index in [2.05, 4.69) is 16.8 Å². The van der Waals surface area contributed by atoms with Crippen molar-refractivity contribution in [1.82, 2.24) is 5.32 Å². The maximum Gasteiger partial charge on any atom is 0.129 e. The molecule has 2 aromatic rings. The van der Waals surface area contributed by atoms with Gasteiger partial charge in [-0.2, -0.15) is 0 Å². The van der Waals surface area contributed by atoms with Crippen LogP contribution in [0.4, 0.5) is 8.78 Å². The monoisotopic (exact) mass is 307 g/mol. The molecular weight excluding hydrogens is 288 g/mol. The summed E-state index contributed by atoms with van der Waals surface area (Å²) in [6, 6.07) is 6.25. The predicted molar refractivity (Wildman–Crippen MR) is 82.9 cm³/mol. The molecule has 0 bridgehead atoms. The van der Waals surface area contributed by atoms with Gasteiger partial charge in [0.05, 0.1) is 0 Å². The maximum atomic E-state index is 13.9. The summed E-state index contributed by atoms with van der Waals surface area (Å²) >= 11 is 1.82. The minimum Gasteiger partial charge on any atom is -0.316 e. The molecular formula is C17H19F2NS. The third kappa shape index (κ3) is 3.01. The van der Waals surface area contributed by atoms with Crippen LogP contribution in [0.5, 0.6) is 0 Å². The minimum atomic E-state index is -0.518. The summed E-state index contributed by atoms with van der Waals surface area (Å²) in [6.45, 7) is 0. The zero-order chi connectivity index (χ0) is 14.8. The second-order valence-corrected chi connectivity index (χ2v) is 6.63. The Morgan fingerprint density at radius 1 is 1.33 bits per heavy atom. The van der Waals surface area contributed by atoms with Gasteiger partial charge in [0.2, 0.25) is 0 Å². The van der Waals surface area contributed by atoms with Crippen molar-refractivity contribution in [2.24, 2.45) is 0 Å². The average molecular weight is 307 g/mol. The molecule has 0 saturated carbocycles. The molecule has 1 nitrogen and oxygen atoms in total. The number of thiophene rings is 1. The van der Waals surface area contributed by atoms with E-state index in [1.807, 2.05) is 18.4 Å². The lowest BCUT2D eigenvalue weighted by Gasteiger charge is -2.30. The number of rotatable bonds is 4. The first-order valence-electron chi connectivity index (χ1n) is 7.36. The summed E-state index contributed by atoms with van der Waals surface area (Å²) in [5.74, 6) is -0.555. The van der Waals surface area contributed by atoms with Gasteiger partial charge in [-0.25, -0.2) is 8.78 Å². The molecule has 2 atom stereocenters. The molecule has 21 heavy (non-hydrogen) atoms. The van der Waals surface area contributed by atoms with Crippen LogP contribution in [0, 0.1) is 11.6 Å². The standard InChI is InChI=1S/C17H19F2NS/c1-20-16(9-11-5-6-12(18)10-15(11)19)13-3-2-4-17-14(13)7-8-21-17/h5-8,10,13,16,20H,2-4,9H2,1H3. The van der Waals surface area contributed by atoms with Crippen LogP contribution in [0.1, 0.15) is 34.8 Å². The zero-order valence-corrected chi connectivity index (χ0v) is 12.9.